The van der Waals surface area contributed by atoms with E-state index < -0.39 is 0 Å². The molecule has 3 nitrogen and oxygen atoms in total. The number of ether oxygens (including phenoxy) is 1. The van der Waals surface area contributed by atoms with Crippen LogP contribution in [-0.4, -0.2) is 37.7 Å². The highest BCUT2D eigenvalue weighted by molar-refractivity contribution is 5.63. The Kier molecular flexibility index (Phi) is 4.34. The van der Waals surface area contributed by atoms with E-state index >= 15 is 0 Å². The first-order chi connectivity index (χ1) is 10.2. The van der Waals surface area contributed by atoms with Gasteiger partial charge in [0, 0.05) is 13.1 Å². The maximum Gasteiger partial charge on any atom is 0.0894 e. The summed E-state index contributed by atoms with van der Waals surface area (Å²) in [7, 11) is 2.11. The molecule has 1 saturated heterocycles. The highest BCUT2D eigenvalue weighted by Crippen LogP contribution is 2.24. The highest BCUT2D eigenvalue weighted by atomic mass is 16.5. The van der Waals surface area contributed by atoms with Gasteiger partial charge < -0.3 is 15.4 Å². The Balaban J connectivity index is 1.74. The van der Waals surface area contributed by atoms with Crippen molar-refractivity contribution in [3.63, 3.8) is 0 Å². The molecule has 1 aliphatic rings. The fourth-order valence-electron chi connectivity index (χ4n) is 2.77. The molecule has 0 spiro atoms. The predicted octanol–water partition coefficient (Wildman–Crippen LogP) is 2.68. The molecule has 0 amide bonds. The lowest BCUT2D eigenvalue weighted by Crippen LogP contribution is -2.45. The van der Waals surface area contributed by atoms with Crippen LogP contribution in [0.4, 0.5) is 0 Å². The van der Waals surface area contributed by atoms with E-state index in [0.717, 1.165) is 25.3 Å². The van der Waals surface area contributed by atoms with Gasteiger partial charge in [-0.3, -0.25) is 0 Å². The Labute approximate surface area is 126 Å². The molecule has 21 heavy (non-hydrogen) atoms. The standard InChI is InChI=1S/C18H22N2O/c1-20-11-12-21-17(13-20)18(19)16-9-7-15(8-10-16)14-5-3-2-4-6-14/h2-10,17-18H,11-13,19H2,1H3. The van der Waals surface area contributed by atoms with E-state index in [1.165, 1.54) is 11.1 Å². The summed E-state index contributed by atoms with van der Waals surface area (Å²) in [6.07, 6.45) is 0.0753. The Hall–Kier alpha value is -1.68. The Bertz CT molecular complexity index is 568. The number of morpholine rings is 1. The molecule has 1 aliphatic heterocycles. The second kappa shape index (κ2) is 6.39. The van der Waals surface area contributed by atoms with Crippen LogP contribution in [0, 0.1) is 0 Å². The molecule has 1 heterocycles. The molecule has 2 aromatic rings. The molecule has 110 valence electrons. The van der Waals surface area contributed by atoms with Gasteiger partial charge in [-0.1, -0.05) is 54.6 Å². The number of likely N-dealkylation sites (N-methyl/N-ethyl adjacent to an activating group) is 1. The zero-order valence-corrected chi connectivity index (χ0v) is 12.4. The smallest absolute Gasteiger partial charge is 0.0894 e. The van der Waals surface area contributed by atoms with E-state index in [1.807, 2.05) is 6.07 Å². The largest absolute Gasteiger partial charge is 0.374 e. The van der Waals surface area contributed by atoms with Crippen molar-refractivity contribution in [1.29, 1.82) is 0 Å². The van der Waals surface area contributed by atoms with Gasteiger partial charge in [0.25, 0.3) is 0 Å². The third kappa shape index (κ3) is 3.32. The SMILES string of the molecule is CN1CCOC(C(N)c2ccc(-c3ccccc3)cc2)C1. The topological polar surface area (TPSA) is 38.5 Å². The van der Waals surface area contributed by atoms with E-state index in [0.29, 0.717) is 0 Å². The molecule has 0 aromatic heterocycles. The number of hydrogen-bond donors (Lipinski definition) is 1. The summed E-state index contributed by atoms with van der Waals surface area (Å²) >= 11 is 0. The summed E-state index contributed by atoms with van der Waals surface area (Å²) < 4.78 is 5.81. The summed E-state index contributed by atoms with van der Waals surface area (Å²) in [5.74, 6) is 0. The molecular weight excluding hydrogens is 260 g/mol. The summed E-state index contributed by atoms with van der Waals surface area (Å²) in [6.45, 7) is 2.63. The number of nitrogens with two attached hydrogens (primary N) is 1. The zero-order chi connectivity index (χ0) is 14.7. The second-order valence-corrected chi connectivity index (χ2v) is 5.69. The molecule has 0 saturated carbocycles. The van der Waals surface area contributed by atoms with Gasteiger partial charge in [-0.25, -0.2) is 0 Å². The molecule has 0 bridgehead atoms. The molecule has 1 fully saturated rings. The Morgan fingerprint density at radius 2 is 1.71 bits per heavy atom. The average Bonchev–Trinajstić information content (AvgIpc) is 2.55. The third-order valence-electron chi connectivity index (χ3n) is 4.10. The first kappa shape index (κ1) is 14.3. The first-order valence-electron chi connectivity index (χ1n) is 7.45. The van der Waals surface area contributed by atoms with Crippen molar-refractivity contribution in [2.24, 2.45) is 5.73 Å². The van der Waals surface area contributed by atoms with Gasteiger partial charge in [0.15, 0.2) is 0 Å². The highest BCUT2D eigenvalue weighted by Gasteiger charge is 2.25. The average molecular weight is 282 g/mol. The first-order valence-corrected chi connectivity index (χ1v) is 7.45. The Morgan fingerprint density at radius 3 is 2.38 bits per heavy atom. The molecular formula is C18H22N2O. The van der Waals surface area contributed by atoms with Gasteiger partial charge in [-0.05, 0) is 23.7 Å². The number of rotatable bonds is 3. The van der Waals surface area contributed by atoms with Crippen molar-refractivity contribution < 1.29 is 4.74 Å². The lowest BCUT2D eigenvalue weighted by molar-refractivity contribution is -0.0326. The predicted molar refractivity (Wildman–Crippen MR) is 86.0 cm³/mol. The van der Waals surface area contributed by atoms with Gasteiger partial charge in [0.05, 0.1) is 18.8 Å². The van der Waals surface area contributed by atoms with E-state index in [-0.39, 0.29) is 12.1 Å². The van der Waals surface area contributed by atoms with E-state index in [1.54, 1.807) is 0 Å². The van der Waals surface area contributed by atoms with Crippen LogP contribution >= 0.6 is 0 Å². The van der Waals surface area contributed by atoms with Crippen LogP contribution in [0.2, 0.25) is 0 Å². The van der Waals surface area contributed by atoms with Gasteiger partial charge in [0.1, 0.15) is 0 Å². The molecule has 2 N–H and O–H groups in total. The molecule has 3 rings (SSSR count). The fraction of sp³-hybridized carbons (Fsp3) is 0.333. The van der Waals surface area contributed by atoms with Crippen LogP contribution in [0.1, 0.15) is 11.6 Å². The molecule has 0 radical (unpaired) electrons. The zero-order valence-electron chi connectivity index (χ0n) is 12.4. The summed E-state index contributed by atoms with van der Waals surface area (Å²) in [5, 5.41) is 0. The van der Waals surface area contributed by atoms with Crippen LogP contribution in [0.3, 0.4) is 0 Å². The molecule has 3 heteroatoms. The van der Waals surface area contributed by atoms with Gasteiger partial charge in [-0.2, -0.15) is 0 Å². The van der Waals surface area contributed by atoms with Crippen LogP contribution < -0.4 is 5.73 Å². The summed E-state index contributed by atoms with van der Waals surface area (Å²) in [4.78, 5) is 2.27. The maximum atomic E-state index is 6.37. The monoisotopic (exact) mass is 282 g/mol. The van der Waals surface area contributed by atoms with Crippen molar-refractivity contribution in [2.75, 3.05) is 26.7 Å². The molecule has 2 unspecified atom stereocenters. The summed E-state index contributed by atoms with van der Waals surface area (Å²) in [5.41, 5.74) is 9.95. The number of hydrogen-bond acceptors (Lipinski definition) is 3. The number of benzene rings is 2. The molecule has 2 aromatic carbocycles. The second-order valence-electron chi connectivity index (χ2n) is 5.69. The fourth-order valence-corrected chi connectivity index (χ4v) is 2.77. The Morgan fingerprint density at radius 1 is 1.05 bits per heavy atom. The number of nitrogens with zero attached hydrogens (tertiary/aromatic N) is 1. The normalized spacial score (nSPS) is 21.1. The van der Waals surface area contributed by atoms with Crippen LogP contribution in [0.5, 0.6) is 0 Å². The maximum absolute atomic E-state index is 6.37. The quantitative estimate of drug-likeness (QED) is 0.940. The third-order valence-corrected chi connectivity index (χ3v) is 4.10. The van der Waals surface area contributed by atoms with Crippen LogP contribution in [0.25, 0.3) is 11.1 Å². The van der Waals surface area contributed by atoms with Crippen molar-refractivity contribution in [1.82, 2.24) is 4.90 Å². The van der Waals surface area contributed by atoms with Gasteiger partial charge in [-0.15, -0.1) is 0 Å². The van der Waals surface area contributed by atoms with Crippen molar-refractivity contribution >= 4 is 0 Å². The van der Waals surface area contributed by atoms with Crippen molar-refractivity contribution in [2.45, 2.75) is 12.1 Å². The molecule has 0 aliphatic carbocycles. The summed E-state index contributed by atoms with van der Waals surface area (Å²) in [6, 6.07) is 18.8. The van der Waals surface area contributed by atoms with Crippen LogP contribution in [0.15, 0.2) is 54.6 Å². The minimum absolute atomic E-state index is 0.0717. The minimum atomic E-state index is -0.0717. The van der Waals surface area contributed by atoms with E-state index in [4.69, 9.17) is 10.5 Å². The van der Waals surface area contributed by atoms with Crippen molar-refractivity contribution in [3.05, 3.63) is 60.2 Å². The van der Waals surface area contributed by atoms with Crippen LogP contribution in [-0.2, 0) is 4.74 Å². The van der Waals surface area contributed by atoms with Gasteiger partial charge in [0.2, 0.25) is 0 Å². The molecule has 2 atom stereocenters. The lowest BCUT2D eigenvalue weighted by atomic mass is 9.97. The van der Waals surface area contributed by atoms with E-state index in [9.17, 15) is 0 Å². The van der Waals surface area contributed by atoms with Gasteiger partial charge >= 0.3 is 0 Å². The minimum Gasteiger partial charge on any atom is -0.374 e. The van der Waals surface area contributed by atoms with Crippen molar-refractivity contribution in [3.8, 4) is 11.1 Å². The lowest BCUT2D eigenvalue weighted by Gasteiger charge is -2.33. The van der Waals surface area contributed by atoms with E-state index in [2.05, 4.69) is 60.5 Å².